The summed E-state index contributed by atoms with van der Waals surface area (Å²) in [7, 11) is 2.74. The van der Waals surface area contributed by atoms with Crippen LogP contribution in [0.4, 0.5) is 5.95 Å². The molecular weight excluding hydrogens is 195 g/mol. The summed E-state index contributed by atoms with van der Waals surface area (Å²) in [5, 5.41) is 0. The van der Waals surface area contributed by atoms with E-state index in [1.165, 1.54) is 0 Å². The summed E-state index contributed by atoms with van der Waals surface area (Å²) in [6.45, 7) is 2.22. The minimum absolute atomic E-state index is 0.385. The van der Waals surface area contributed by atoms with Gasteiger partial charge in [0.1, 0.15) is 0 Å². The van der Waals surface area contributed by atoms with Crippen molar-refractivity contribution in [2.24, 2.45) is 0 Å². The van der Waals surface area contributed by atoms with E-state index in [0.717, 1.165) is 31.6 Å². The Kier molecular flexibility index (Phi) is 2.94. The van der Waals surface area contributed by atoms with Crippen LogP contribution in [0.25, 0.3) is 0 Å². The first-order valence-corrected chi connectivity index (χ1v) is 5.35. The summed E-state index contributed by atoms with van der Waals surface area (Å²) < 4.78 is 2.26. The topological polar surface area (TPSA) is 55.0 Å². The molecule has 0 amide bonds. The van der Waals surface area contributed by atoms with E-state index in [-0.39, 0.29) is 0 Å². The number of piperidine rings is 1. The lowest BCUT2D eigenvalue weighted by Crippen LogP contribution is -2.25. The Morgan fingerprint density at radius 2 is 2.14 bits per heavy atom. The Morgan fingerprint density at radius 1 is 1.43 bits per heavy atom. The Hall–Kier alpha value is -0.730. The lowest BCUT2D eigenvalue weighted by atomic mass is 9.94. The maximum atomic E-state index is 5.56. The summed E-state index contributed by atoms with van der Waals surface area (Å²) in [6.07, 6.45) is 4.05. The van der Waals surface area contributed by atoms with Crippen LogP contribution in [0.5, 0.6) is 0 Å². The van der Waals surface area contributed by atoms with Gasteiger partial charge in [-0.1, -0.05) is 9.39 Å². The highest BCUT2D eigenvalue weighted by Crippen LogP contribution is 2.27. The predicted molar refractivity (Wildman–Crippen MR) is 59.7 cm³/mol. The Labute approximate surface area is 86.2 Å². The van der Waals surface area contributed by atoms with Crippen LogP contribution in [-0.4, -0.2) is 27.7 Å². The first-order valence-electron chi connectivity index (χ1n) is 4.84. The predicted octanol–water partition coefficient (Wildman–Crippen LogP) is 1.03. The number of hydrogen-bond acceptors (Lipinski definition) is 4. The van der Waals surface area contributed by atoms with Crippen LogP contribution in [-0.2, 0) is 0 Å². The molecule has 2 rings (SSSR count). The highest BCUT2D eigenvalue weighted by Gasteiger charge is 2.19. The van der Waals surface area contributed by atoms with Crippen molar-refractivity contribution in [2.75, 3.05) is 18.8 Å². The number of nitrogen functional groups attached to an aromatic ring is 1. The highest BCUT2D eigenvalue weighted by molar-refractivity contribution is 7.13. The van der Waals surface area contributed by atoms with Gasteiger partial charge in [-0.3, -0.25) is 4.67 Å². The largest absolute Gasteiger partial charge is 0.368 e. The van der Waals surface area contributed by atoms with Gasteiger partial charge >= 0.3 is 0 Å². The number of aromatic nitrogens is 2. The van der Waals surface area contributed by atoms with E-state index in [1.807, 2.05) is 6.07 Å². The van der Waals surface area contributed by atoms with Crippen molar-refractivity contribution < 1.29 is 0 Å². The molecule has 4 nitrogen and oxygen atoms in total. The van der Waals surface area contributed by atoms with Crippen LogP contribution in [0.2, 0.25) is 0 Å². The van der Waals surface area contributed by atoms with Crippen molar-refractivity contribution in [3.8, 4) is 0 Å². The number of nitrogens with two attached hydrogens (primary N) is 1. The molecule has 1 aromatic heterocycles. The van der Waals surface area contributed by atoms with Crippen LogP contribution in [0.1, 0.15) is 24.5 Å². The molecule has 0 aliphatic carbocycles. The van der Waals surface area contributed by atoms with Gasteiger partial charge in [-0.15, -0.1) is 0 Å². The van der Waals surface area contributed by atoms with Gasteiger partial charge in [-0.25, -0.2) is 9.97 Å². The minimum atomic E-state index is 0.385. The third kappa shape index (κ3) is 2.20. The van der Waals surface area contributed by atoms with Gasteiger partial charge in [-0.2, -0.15) is 0 Å². The van der Waals surface area contributed by atoms with E-state index in [9.17, 15) is 0 Å². The number of anilines is 1. The zero-order valence-corrected chi connectivity index (χ0v) is 9.21. The molecule has 5 heteroatoms. The molecule has 1 atom stereocenters. The van der Waals surface area contributed by atoms with Crippen LogP contribution >= 0.6 is 9.39 Å². The van der Waals surface area contributed by atoms with Crippen LogP contribution in [0.3, 0.4) is 0 Å². The molecule has 1 aliphatic rings. The normalized spacial score (nSPS) is 19.8. The molecule has 0 bridgehead atoms. The second kappa shape index (κ2) is 4.20. The molecule has 1 aromatic rings. The zero-order chi connectivity index (χ0) is 9.97. The quantitative estimate of drug-likeness (QED) is 0.703. The fourth-order valence-corrected chi connectivity index (χ4v) is 2.11. The zero-order valence-electron chi connectivity index (χ0n) is 8.06. The summed E-state index contributed by atoms with van der Waals surface area (Å²) in [6, 6.07) is 1.97. The van der Waals surface area contributed by atoms with Gasteiger partial charge in [-0.05, 0) is 18.9 Å². The molecule has 0 radical (unpaired) electrons. The fourth-order valence-electron chi connectivity index (χ4n) is 1.81. The average Bonchev–Trinajstić information content (AvgIpc) is 2.19. The van der Waals surface area contributed by atoms with Crippen LogP contribution in [0.15, 0.2) is 12.3 Å². The van der Waals surface area contributed by atoms with Crippen molar-refractivity contribution in [3.63, 3.8) is 0 Å². The van der Waals surface area contributed by atoms with Crippen molar-refractivity contribution in [1.82, 2.24) is 14.6 Å². The number of nitrogens with zero attached hydrogens (tertiary/aromatic N) is 3. The van der Waals surface area contributed by atoms with E-state index < -0.39 is 0 Å². The molecule has 1 saturated heterocycles. The molecule has 1 fully saturated rings. The number of hydrogen-bond donors (Lipinski definition) is 1. The molecule has 2 N–H and O–H groups in total. The second-order valence-electron chi connectivity index (χ2n) is 3.65. The van der Waals surface area contributed by atoms with Gasteiger partial charge < -0.3 is 5.73 Å². The molecule has 0 aromatic carbocycles. The minimum Gasteiger partial charge on any atom is -0.368 e. The first kappa shape index (κ1) is 9.81. The second-order valence-corrected chi connectivity index (χ2v) is 4.38. The highest BCUT2D eigenvalue weighted by atomic mass is 31.0. The first-order chi connectivity index (χ1) is 6.75. The molecule has 1 unspecified atom stereocenters. The fraction of sp³-hybridized carbons (Fsp3) is 0.556. The van der Waals surface area contributed by atoms with E-state index in [0.29, 0.717) is 11.9 Å². The third-order valence-electron chi connectivity index (χ3n) is 2.64. The van der Waals surface area contributed by atoms with E-state index >= 15 is 0 Å². The van der Waals surface area contributed by atoms with Crippen LogP contribution in [0, 0.1) is 0 Å². The summed E-state index contributed by atoms with van der Waals surface area (Å²) >= 11 is 0. The average molecular weight is 210 g/mol. The SMILES string of the molecule is Nc1nccc(C2CCN(P)CC2)n1. The lowest BCUT2D eigenvalue weighted by molar-refractivity contribution is 0.341. The maximum Gasteiger partial charge on any atom is 0.220 e. The van der Waals surface area contributed by atoms with Gasteiger partial charge in [0, 0.05) is 30.9 Å². The number of rotatable bonds is 1. The van der Waals surface area contributed by atoms with E-state index in [4.69, 9.17) is 5.73 Å². The Morgan fingerprint density at radius 3 is 2.79 bits per heavy atom. The maximum absolute atomic E-state index is 5.56. The van der Waals surface area contributed by atoms with Crippen molar-refractivity contribution in [1.29, 1.82) is 0 Å². The summed E-state index contributed by atoms with van der Waals surface area (Å²) in [5.74, 6) is 0.938. The molecule has 2 heterocycles. The molecule has 0 saturated carbocycles. The molecule has 1 aliphatic heterocycles. The molecule has 76 valence electrons. The summed E-state index contributed by atoms with van der Waals surface area (Å²) in [5.41, 5.74) is 6.65. The molecule has 14 heavy (non-hydrogen) atoms. The van der Waals surface area contributed by atoms with E-state index in [1.54, 1.807) is 6.20 Å². The van der Waals surface area contributed by atoms with Crippen LogP contribution < -0.4 is 5.73 Å². The van der Waals surface area contributed by atoms with Gasteiger partial charge in [0.25, 0.3) is 0 Å². The third-order valence-corrected chi connectivity index (χ3v) is 3.16. The van der Waals surface area contributed by atoms with Crippen molar-refractivity contribution >= 4 is 15.3 Å². The monoisotopic (exact) mass is 210 g/mol. The molecular formula is C9H15N4P. The lowest BCUT2D eigenvalue weighted by Gasteiger charge is -2.28. The van der Waals surface area contributed by atoms with Gasteiger partial charge in [0.05, 0.1) is 0 Å². The Balaban J connectivity index is 2.08. The van der Waals surface area contributed by atoms with Gasteiger partial charge in [0.2, 0.25) is 5.95 Å². The smallest absolute Gasteiger partial charge is 0.220 e. The van der Waals surface area contributed by atoms with Gasteiger partial charge in [0.15, 0.2) is 0 Å². The van der Waals surface area contributed by atoms with Crippen molar-refractivity contribution in [2.45, 2.75) is 18.8 Å². The molecule has 0 spiro atoms. The summed E-state index contributed by atoms with van der Waals surface area (Å²) in [4.78, 5) is 8.16. The van der Waals surface area contributed by atoms with E-state index in [2.05, 4.69) is 24.0 Å². The van der Waals surface area contributed by atoms with Crippen molar-refractivity contribution in [3.05, 3.63) is 18.0 Å². The Bertz CT molecular complexity index is 309. The standard InChI is InChI=1S/C9H15N4P/c10-9-11-4-1-8(12-9)7-2-5-13(14)6-3-7/h1,4,7H,2-3,5-6,14H2,(H2,10,11,12).